The Labute approximate surface area is 139 Å². The molecule has 1 aromatic carbocycles. The molecular weight excluding hydrogens is 308 g/mol. The minimum Gasteiger partial charge on any atom is -0.485 e. The lowest BCUT2D eigenvalue weighted by molar-refractivity contribution is -0.0533. The summed E-state index contributed by atoms with van der Waals surface area (Å²) in [6.07, 6.45) is -0.877. The predicted molar refractivity (Wildman–Crippen MR) is 87.7 cm³/mol. The molecule has 2 N–H and O–H groups in total. The molecule has 7 heteroatoms. The molecule has 0 saturated heterocycles. The van der Waals surface area contributed by atoms with Crippen LogP contribution in [0.3, 0.4) is 0 Å². The summed E-state index contributed by atoms with van der Waals surface area (Å²) in [4.78, 5) is 11.5. The van der Waals surface area contributed by atoms with Crippen LogP contribution in [0.5, 0.6) is 5.75 Å². The standard InChI is InChI=1S/C17H18N4O3/c1-17(2)16(23)15(19-13-6-7-14(22)21(3)20-13)11-8-10(9-18)4-5-12(11)24-17/h4-8,15-16,23H,1-3H3,(H,19,20)/t15-,16+/m1/s1. The molecular formula is C17H18N4O3. The van der Waals surface area contributed by atoms with Gasteiger partial charge in [-0.15, -0.1) is 0 Å². The lowest BCUT2D eigenvalue weighted by atomic mass is 9.86. The quantitative estimate of drug-likeness (QED) is 0.864. The fourth-order valence-corrected chi connectivity index (χ4v) is 2.76. The van der Waals surface area contributed by atoms with Crippen LogP contribution in [0.1, 0.15) is 31.0 Å². The van der Waals surface area contributed by atoms with Crippen molar-refractivity contribution in [1.29, 1.82) is 5.26 Å². The number of aryl methyl sites for hydroxylation is 1. The van der Waals surface area contributed by atoms with Crippen molar-refractivity contribution in [3.63, 3.8) is 0 Å². The van der Waals surface area contributed by atoms with Gasteiger partial charge in [0.05, 0.1) is 17.7 Å². The van der Waals surface area contributed by atoms with Crippen molar-refractivity contribution >= 4 is 5.82 Å². The maximum atomic E-state index is 11.5. The van der Waals surface area contributed by atoms with E-state index >= 15 is 0 Å². The van der Waals surface area contributed by atoms with Gasteiger partial charge >= 0.3 is 0 Å². The number of anilines is 1. The number of nitriles is 1. The zero-order chi connectivity index (χ0) is 17.5. The molecule has 1 aromatic heterocycles. The third-order valence-electron chi connectivity index (χ3n) is 4.14. The zero-order valence-corrected chi connectivity index (χ0v) is 13.6. The van der Waals surface area contributed by atoms with Crippen molar-refractivity contribution in [2.75, 3.05) is 5.32 Å². The molecule has 0 saturated carbocycles. The summed E-state index contributed by atoms with van der Waals surface area (Å²) in [6.45, 7) is 3.59. The van der Waals surface area contributed by atoms with Gasteiger partial charge in [0, 0.05) is 18.7 Å². The number of aliphatic hydroxyl groups excluding tert-OH is 1. The van der Waals surface area contributed by atoms with E-state index in [1.165, 1.54) is 10.7 Å². The third kappa shape index (κ3) is 2.72. The van der Waals surface area contributed by atoms with Crippen molar-refractivity contribution < 1.29 is 9.84 Å². The van der Waals surface area contributed by atoms with Crippen LogP contribution in [0.4, 0.5) is 5.82 Å². The van der Waals surface area contributed by atoms with Crippen LogP contribution in [-0.2, 0) is 7.05 Å². The van der Waals surface area contributed by atoms with Gasteiger partial charge in [0.15, 0.2) is 0 Å². The van der Waals surface area contributed by atoms with Gasteiger partial charge in [-0.2, -0.15) is 10.4 Å². The Bertz CT molecular complexity index is 882. The second-order valence-corrected chi connectivity index (χ2v) is 6.32. The summed E-state index contributed by atoms with van der Waals surface area (Å²) >= 11 is 0. The first-order valence-electron chi connectivity index (χ1n) is 7.54. The van der Waals surface area contributed by atoms with E-state index < -0.39 is 17.7 Å². The molecule has 2 atom stereocenters. The maximum Gasteiger partial charge on any atom is 0.266 e. The van der Waals surface area contributed by atoms with E-state index in [4.69, 9.17) is 10.00 Å². The highest BCUT2D eigenvalue weighted by Crippen LogP contribution is 2.41. The van der Waals surface area contributed by atoms with Crippen LogP contribution < -0.4 is 15.6 Å². The molecule has 124 valence electrons. The Morgan fingerprint density at radius 1 is 1.38 bits per heavy atom. The summed E-state index contributed by atoms with van der Waals surface area (Å²) < 4.78 is 7.08. The van der Waals surface area contributed by atoms with E-state index in [-0.39, 0.29) is 5.56 Å². The topological polar surface area (TPSA) is 100 Å². The van der Waals surface area contributed by atoms with Gasteiger partial charge < -0.3 is 15.2 Å². The van der Waals surface area contributed by atoms with Crippen LogP contribution >= 0.6 is 0 Å². The maximum absolute atomic E-state index is 11.5. The van der Waals surface area contributed by atoms with Crippen molar-refractivity contribution in [2.24, 2.45) is 7.05 Å². The molecule has 24 heavy (non-hydrogen) atoms. The Hall–Kier alpha value is -2.85. The fraction of sp³-hybridized carbons (Fsp3) is 0.353. The predicted octanol–water partition coefficient (Wildman–Crippen LogP) is 1.34. The van der Waals surface area contributed by atoms with Gasteiger partial charge in [-0.3, -0.25) is 4.79 Å². The van der Waals surface area contributed by atoms with Crippen molar-refractivity contribution in [3.8, 4) is 11.8 Å². The van der Waals surface area contributed by atoms with Gasteiger partial charge in [0.25, 0.3) is 5.56 Å². The second kappa shape index (κ2) is 5.65. The van der Waals surface area contributed by atoms with Crippen LogP contribution in [-0.4, -0.2) is 26.6 Å². The van der Waals surface area contributed by atoms with Crippen LogP contribution in [0, 0.1) is 11.3 Å². The summed E-state index contributed by atoms with van der Waals surface area (Å²) in [5, 5.41) is 27.1. The molecule has 7 nitrogen and oxygen atoms in total. The molecule has 0 aliphatic carbocycles. The highest BCUT2D eigenvalue weighted by atomic mass is 16.5. The first-order valence-corrected chi connectivity index (χ1v) is 7.54. The van der Waals surface area contributed by atoms with E-state index in [0.29, 0.717) is 22.7 Å². The minimum absolute atomic E-state index is 0.222. The second-order valence-electron chi connectivity index (χ2n) is 6.32. The number of aliphatic hydroxyl groups is 1. The highest BCUT2D eigenvalue weighted by molar-refractivity contribution is 5.50. The number of benzene rings is 1. The number of ether oxygens (including phenoxy) is 1. The van der Waals surface area contributed by atoms with E-state index in [9.17, 15) is 9.90 Å². The Kier molecular flexibility index (Phi) is 3.78. The third-order valence-corrected chi connectivity index (χ3v) is 4.14. The van der Waals surface area contributed by atoms with E-state index in [1.807, 2.05) is 0 Å². The highest BCUT2D eigenvalue weighted by Gasteiger charge is 2.43. The Morgan fingerprint density at radius 2 is 2.12 bits per heavy atom. The van der Waals surface area contributed by atoms with Gasteiger partial charge in [-0.1, -0.05) is 0 Å². The monoisotopic (exact) mass is 326 g/mol. The number of nitrogens with one attached hydrogen (secondary N) is 1. The SMILES string of the molecule is Cn1nc(N[C@@H]2c3cc(C#N)ccc3OC(C)(C)[C@H]2O)ccc1=O. The Morgan fingerprint density at radius 3 is 2.79 bits per heavy atom. The molecule has 0 amide bonds. The molecule has 2 aromatic rings. The van der Waals surface area contributed by atoms with E-state index in [1.54, 1.807) is 45.2 Å². The van der Waals surface area contributed by atoms with Crippen LogP contribution in [0.2, 0.25) is 0 Å². The van der Waals surface area contributed by atoms with Crippen molar-refractivity contribution in [3.05, 3.63) is 51.8 Å². The molecule has 3 rings (SSSR count). The number of nitrogens with zero attached hydrogens (tertiary/aromatic N) is 3. The average Bonchev–Trinajstić information content (AvgIpc) is 2.54. The van der Waals surface area contributed by atoms with Gasteiger partial charge in [0.1, 0.15) is 23.3 Å². The molecule has 0 unspecified atom stereocenters. The van der Waals surface area contributed by atoms with Gasteiger partial charge in [-0.05, 0) is 38.1 Å². The van der Waals surface area contributed by atoms with Crippen molar-refractivity contribution in [1.82, 2.24) is 9.78 Å². The molecule has 1 aliphatic heterocycles. The number of rotatable bonds is 2. The fourth-order valence-electron chi connectivity index (χ4n) is 2.76. The minimum atomic E-state index is -0.877. The van der Waals surface area contributed by atoms with Gasteiger partial charge in [0.2, 0.25) is 0 Å². The summed E-state index contributed by atoms with van der Waals surface area (Å²) in [6, 6.07) is 9.61. The zero-order valence-electron chi connectivity index (χ0n) is 13.6. The first kappa shape index (κ1) is 16.0. The molecule has 0 fully saturated rings. The summed E-state index contributed by atoms with van der Waals surface area (Å²) in [7, 11) is 1.56. The largest absolute Gasteiger partial charge is 0.485 e. The van der Waals surface area contributed by atoms with Crippen LogP contribution in [0.25, 0.3) is 0 Å². The molecule has 0 bridgehead atoms. The molecule has 2 heterocycles. The van der Waals surface area contributed by atoms with E-state index in [2.05, 4.69) is 16.5 Å². The molecule has 0 spiro atoms. The number of fused-ring (bicyclic) bond motifs is 1. The number of aromatic nitrogens is 2. The molecule has 0 radical (unpaired) electrons. The summed E-state index contributed by atoms with van der Waals surface area (Å²) in [5.41, 5.74) is 0.112. The molecule has 1 aliphatic rings. The number of hydrogen-bond acceptors (Lipinski definition) is 6. The lowest BCUT2D eigenvalue weighted by Gasteiger charge is -2.42. The van der Waals surface area contributed by atoms with Gasteiger partial charge in [-0.25, -0.2) is 4.68 Å². The normalized spacial score (nSPS) is 21.3. The van der Waals surface area contributed by atoms with E-state index in [0.717, 1.165) is 0 Å². The number of hydrogen-bond donors (Lipinski definition) is 2. The smallest absolute Gasteiger partial charge is 0.266 e. The van der Waals surface area contributed by atoms with Crippen molar-refractivity contribution in [2.45, 2.75) is 31.6 Å². The average molecular weight is 326 g/mol. The van der Waals surface area contributed by atoms with Crippen LogP contribution in [0.15, 0.2) is 35.1 Å². The first-order chi connectivity index (χ1) is 11.3. The lowest BCUT2D eigenvalue weighted by Crippen LogP contribution is -2.50. The Balaban J connectivity index is 2.06. The summed E-state index contributed by atoms with van der Waals surface area (Å²) in [5.74, 6) is 1.05.